The first-order valence-electron chi connectivity index (χ1n) is 6.56. The third-order valence-electron chi connectivity index (χ3n) is 2.94. The van der Waals surface area contributed by atoms with Gasteiger partial charge in [-0.15, -0.1) is 6.42 Å². The highest BCUT2D eigenvalue weighted by molar-refractivity contribution is 9.11. The van der Waals surface area contributed by atoms with Crippen LogP contribution in [-0.4, -0.2) is 13.7 Å². The number of halogens is 2. The Morgan fingerprint density at radius 2 is 1.77 bits per heavy atom. The van der Waals surface area contributed by atoms with Crippen LogP contribution in [0.5, 0.6) is 11.5 Å². The number of hydrogen-bond acceptors (Lipinski definition) is 3. The molecule has 0 aromatic heterocycles. The molecule has 2 aromatic rings. The normalized spacial score (nSPS) is 9.91. The van der Waals surface area contributed by atoms with E-state index in [1.54, 1.807) is 7.11 Å². The average Bonchev–Trinajstić information content (AvgIpc) is 2.52. The van der Waals surface area contributed by atoms with Crippen LogP contribution in [0.3, 0.4) is 0 Å². The Labute approximate surface area is 147 Å². The molecule has 0 amide bonds. The average molecular weight is 425 g/mol. The summed E-state index contributed by atoms with van der Waals surface area (Å²) in [7, 11) is 1.65. The van der Waals surface area contributed by atoms with Crippen molar-refractivity contribution in [3.63, 3.8) is 0 Å². The summed E-state index contributed by atoms with van der Waals surface area (Å²) in [6.07, 6.45) is 5.21. The third kappa shape index (κ3) is 4.43. The summed E-state index contributed by atoms with van der Waals surface area (Å²) in [4.78, 5) is 0. The fraction of sp³-hybridized carbons (Fsp3) is 0.176. The Balaban J connectivity index is 2.05. The van der Waals surface area contributed by atoms with E-state index in [4.69, 9.17) is 15.9 Å². The Kier molecular flexibility index (Phi) is 6.17. The van der Waals surface area contributed by atoms with Crippen molar-refractivity contribution < 1.29 is 9.47 Å². The van der Waals surface area contributed by atoms with Gasteiger partial charge in [-0.1, -0.05) is 5.92 Å². The lowest BCUT2D eigenvalue weighted by atomic mass is 10.2. The molecule has 0 unspecified atom stereocenters. The molecule has 0 saturated carbocycles. The summed E-state index contributed by atoms with van der Waals surface area (Å²) < 4.78 is 12.4. The molecule has 2 rings (SSSR count). The first-order valence-corrected chi connectivity index (χ1v) is 8.14. The van der Waals surface area contributed by atoms with Gasteiger partial charge >= 0.3 is 0 Å². The van der Waals surface area contributed by atoms with Gasteiger partial charge in [0.1, 0.15) is 18.1 Å². The molecular formula is C17H15Br2NO2. The summed E-state index contributed by atoms with van der Waals surface area (Å²) in [5.74, 6) is 4.01. The maximum Gasteiger partial charge on any atom is 0.149 e. The van der Waals surface area contributed by atoms with Crippen LogP contribution in [0, 0.1) is 12.3 Å². The van der Waals surface area contributed by atoms with Gasteiger partial charge in [-0.2, -0.15) is 0 Å². The number of hydrogen-bond donors (Lipinski definition) is 1. The van der Waals surface area contributed by atoms with Crippen LogP contribution in [0.25, 0.3) is 0 Å². The molecule has 3 nitrogen and oxygen atoms in total. The molecule has 0 radical (unpaired) electrons. The third-order valence-corrected chi connectivity index (χ3v) is 4.12. The molecule has 0 aliphatic heterocycles. The quantitative estimate of drug-likeness (QED) is 0.672. The minimum atomic E-state index is 0.237. The van der Waals surface area contributed by atoms with Crippen molar-refractivity contribution in [2.24, 2.45) is 0 Å². The first kappa shape index (κ1) is 16.7. The summed E-state index contributed by atoms with van der Waals surface area (Å²) >= 11 is 7.01. The van der Waals surface area contributed by atoms with Crippen LogP contribution in [0.1, 0.15) is 5.56 Å². The second-order valence-electron chi connectivity index (χ2n) is 4.46. The molecule has 0 heterocycles. The van der Waals surface area contributed by atoms with Crippen molar-refractivity contribution in [2.75, 3.05) is 19.0 Å². The Hall–Kier alpha value is -1.64. The smallest absolute Gasteiger partial charge is 0.149 e. The van der Waals surface area contributed by atoms with E-state index < -0.39 is 0 Å². The molecule has 22 heavy (non-hydrogen) atoms. The van der Waals surface area contributed by atoms with Crippen molar-refractivity contribution in [3.8, 4) is 23.8 Å². The Morgan fingerprint density at radius 3 is 2.32 bits per heavy atom. The zero-order valence-electron chi connectivity index (χ0n) is 12.0. The summed E-state index contributed by atoms with van der Waals surface area (Å²) in [6.45, 7) is 0.930. The highest BCUT2D eigenvalue weighted by Gasteiger charge is 2.08. The zero-order chi connectivity index (χ0) is 15.9. The summed E-state index contributed by atoms with van der Waals surface area (Å²) in [5.41, 5.74) is 2.14. The van der Waals surface area contributed by atoms with Crippen LogP contribution < -0.4 is 14.8 Å². The van der Waals surface area contributed by atoms with Gasteiger partial charge in [0.05, 0.1) is 16.1 Å². The number of anilines is 1. The summed E-state index contributed by atoms with van der Waals surface area (Å²) in [5, 5.41) is 3.36. The zero-order valence-corrected chi connectivity index (χ0v) is 15.2. The number of nitrogens with one attached hydrogen (secondary N) is 1. The molecule has 0 fully saturated rings. The van der Waals surface area contributed by atoms with Crippen LogP contribution >= 0.6 is 31.9 Å². The van der Waals surface area contributed by atoms with Crippen LogP contribution in [0.2, 0.25) is 0 Å². The van der Waals surface area contributed by atoms with Gasteiger partial charge in [0.25, 0.3) is 0 Å². The van der Waals surface area contributed by atoms with Gasteiger partial charge in [-0.3, -0.25) is 0 Å². The minimum Gasteiger partial charge on any atom is -0.497 e. The maximum absolute atomic E-state index is 5.50. The monoisotopic (exact) mass is 423 g/mol. The molecule has 114 valence electrons. The van der Waals surface area contributed by atoms with E-state index >= 15 is 0 Å². The largest absolute Gasteiger partial charge is 0.497 e. The van der Waals surface area contributed by atoms with Crippen molar-refractivity contribution in [3.05, 3.63) is 50.9 Å². The topological polar surface area (TPSA) is 30.5 Å². The molecule has 0 saturated heterocycles. The predicted molar refractivity (Wildman–Crippen MR) is 96.5 cm³/mol. The van der Waals surface area contributed by atoms with E-state index in [2.05, 4.69) is 43.1 Å². The number of ether oxygens (including phenoxy) is 2. The van der Waals surface area contributed by atoms with E-state index in [-0.39, 0.29) is 6.61 Å². The van der Waals surface area contributed by atoms with E-state index in [1.165, 1.54) is 0 Å². The number of rotatable bonds is 6. The Bertz CT molecular complexity index is 655. The fourth-order valence-electron chi connectivity index (χ4n) is 1.88. The van der Waals surface area contributed by atoms with Gasteiger partial charge in [-0.25, -0.2) is 0 Å². The number of methoxy groups -OCH3 is 1. The van der Waals surface area contributed by atoms with Crippen molar-refractivity contribution in [1.82, 2.24) is 0 Å². The van der Waals surface area contributed by atoms with E-state index in [9.17, 15) is 0 Å². The maximum atomic E-state index is 5.50. The number of terminal acetylenes is 1. The lowest BCUT2D eigenvalue weighted by Gasteiger charge is -2.12. The van der Waals surface area contributed by atoms with Gasteiger partial charge in [0, 0.05) is 12.2 Å². The van der Waals surface area contributed by atoms with E-state index in [0.29, 0.717) is 12.3 Å². The molecule has 2 aromatic carbocycles. The van der Waals surface area contributed by atoms with Gasteiger partial charge in [0.15, 0.2) is 0 Å². The molecule has 0 aliphatic rings. The second kappa shape index (κ2) is 8.11. The van der Waals surface area contributed by atoms with Gasteiger partial charge in [-0.05, 0) is 73.8 Å². The lowest BCUT2D eigenvalue weighted by Crippen LogP contribution is -2.01. The van der Waals surface area contributed by atoms with E-state index in [0.717, 1.165) is 25.9 Å². The van der Waals surface area contributed by atoms with Crippen LogP contribution in [0.4, 0.5) is 5.69 Å². The van der Waals surface area contributed by atoms with Gasteiger partial charge in [0.2, 0.25) is 0 Å². The highest BCUT2D eigenvalue weighted by atomic mass is 79.9. The fourth-order valence-corrected chi connectivity index (χ4v) is 3.39. The van der Waals surface area contributed by atoms with E-state index in [1.807, 2.05) is 36.4 Å². The SMILES string of the molecule is C#CCOc1c(Br)cc(CNc2ccc(OC)cc2)cc1Br. The van der Waals surface area contributed by atoms with Crippen molar-refractivity contribution in [2.45, 2.75) is 6.54 Å². The minimum absolute atomic E-state index is 0.237. The van der Waals surface area contributed by atoms with Crippen LogP contribution in [-0.2, 0) is 6.54 Å². The first-order chi connectivity index (χ1) is 10.6. The number of benzene rings is 2. The molecule has 0 bridgehead atoms. The van der Waals surface area contributed by atoms with Crippen molar-refractivity contribution >= 4 is 37.5 Å². The Morgan fingerprint density at radius 1 is 1.14 bits per heavy atom. The molecule has 0 atom stereocenters. The second-order valence-corrected chi connectivity index (χ2v) is 6.17. The van der Waals surface area contributed by atoms with Gasteiger partial charge < -0.3 is 14.8 Å². The molecule has 5 heteroatoms. The molecule has 0 aliphatic carbocycles. The lowest BCUT2D eigenvalue weighted by molar-refractivity contribution is 0.365. The standard InChI is InChI=1S/C17H15Br2NO2/c1-3-8-22-17-15(18)9-12(10-16(17)19)11-20-13-4-6-14(21-2)7-5-13/h1,4-7,9-10,20H,8,11H2,2H3. The van der Waals surface area contributed by atoms with Crippen LogP contribution in [0.15, 0.2) is 45.3 Å². The molecular weight excluding hydrogens is 410 g/mol. The van der Waals surface area contributed by atoms with Crippen molar-refractivity contribution in [1.29, 1.82) is 0 Å². The molecule has 0 spiro atoms. The summed E-state index contributed by atoms with van der Waals surface area (Å²) in [6, 6.07) is 11.8. The predicted octanol–water partition coefficient (Wildman–Crippen LogP) is 4.84. The molecule has 1 N–H and O–H groups in total. The highest BCUT2D eigenvalue weighted by Crippen LogP contribution is 2.35.